The third-order valence-corrected chi connectivity index (χ3v) is 2.29. The molecular formula is C11H18N2O2. The second kappa shape index (κ2) is 5.80. The number of hydrogen-bond acceptors (Lipinski definition) is 4. The molecule has 1 aromatic rings. The lowest BCUT2D eigenvalue weighted by Gasteiger charge is -2.17. The molecule has 0 saturated heterocycles. The van der Waals surface area contributed by atoms with Gasteiger partial charge in [-0.3, -0.25) is 4.98 Å². The quantitative estimate of drug-likeness (QED) is 0.658. The van der Waals surface area contributed by atoms with Crippen LogP contribution in [0.15, 0.2) is 18.3 Å². The van der Waals surface area contributed by atoms with Crippen molar-refractivity contribution in [1.82, 2.24) is 10.3 Å². The molecule has 84 valence electrons. The van der Waals surface area contributed by atoms with Crippen LogP contribution in [0.25, 0.3) is 0 Å². The van der Waals surface area contributed by atoms with Gasteiger partial charge in [-0.2, -0.15) is 0 Å². The number of aliphatic hydroxyl groups is 2. The van der Waals surface area contributed by atoms with E-state index in [-0.39, 0.29) is 0 Å². The number of nitrogens with zero attached hydrogens (tertiary/aromatic N) is 1. The van der Waals surface area contributed by atoms with Crippen molar-refractivity contribution in [3.05, 3.63) is 29.6 Å². The topological polar surface area (TPSA) is 65.4 Å². The highest BCUT2D eigenvalue weighted by atomic mass is 16.3. The first-order valence-corrected chi connectivity index (χ1v) is 5.08. The number of aliphatic hydroxyl groups excluding tert-OH is 2. The molecule has 0 radical (unpaired) electrons. The molecule has 15 heavy (non-hydrogen) atoms. The maximum Gasteiger partial charge on any atom is 0.122 e. The Kier molecular flexibility index (Phi) is 4.68. The zero-order valence-corrected chi connectivity index (χ0v) is 9.14. The van der Waals surface area contributed by atoms with Crippen LogP contribution in [0, 0.1) is 6.92 Å². The Morgan fingerprint density at radius 2 is 2.20 bits per heavy atom. The molecular weight excluding hydrogens is 192 g/mol. The van der Waals surface area contributed by atoms with Crippen LogP contribution in [0.5, 0.6) is 0 Å². The van der Waals surface area contributed by atoms with Crippen molar-refractivity contribution < 1.29 is 10.2 Å². The highest BCUT2D eigenvalue weighted by molar-refractivity contribution is 5.16. The number of rotatable bonds is 5. The minimum absolute atomic E-state index is 0.507. The van der Waals surface area contributed by atoms with E-state index < -0.39 is 12.2 Å². The normalized spacial score (nSPS) is 14.9. The first kappa shape index (κ1) is 12.1. The fourth-order valence-corrected chi connectivity index (χ4v) is 1.37. The third kappa shape index (κ3) is 3.58. The number of nitrogens with one attached hydrogen (secondary N) is 1. The second-order valence-corrected chi connectivity index (χ2v) is 3.66. The molecule has 0 aliphatic heterocycles. The summed E-state index contributed by atoms with van der Waals surface area (Å²) in [4.78, 5) is 4.04. The maximum atomic E-state index is 9.80. The smallest absolute Gasteiger partial charge is 0.122 e. The summed E-state index contributed by atoms with van der Waals surface area (Å²) in [5, 5.41) is 22.4. The summed E-state index contributed by atoms with van der Waals surface area (Å²) in [7, 11) is 1.81. The molecule has 0 aromatic carbocycles. The Hall–Kier alpha value is -0.970. The Morgan fingerprint density at radius 1 is 1.47 bits per heavy atom. The van der Waals surface area contributed by atoms with Gasteiger partial charge in [-0.25, -0.2) is 0 Å². The van der Waals surface area contributed by atoms with Crippen LogP contribution < -0.4 is 5.32 Å². The molecule has 0 fully saturated rings. The van der Waals surface area contributed by atoms with Gasteiger partial charge in [-0.05, 0) is 44.6 Å². The van der Waals surface area contributed by atoms with Gasteiger partial charge in [0, 0.05) is 6.20 Å². The highest BCUT2D eigenvalue weighted by Gasteiger charge is 2.18. The lowest BCUT2D eigenvalue weighted by atomic mass is 10.1. The Balaban J connectivity index is 2.62. The average Bonchev–Trinajstić information content (AvgIpc) is 2.24. The zero-order chi connectivity index (χ0) is 11.3. The maximum absolute atomic E-state index is 9.80. The molecule has 2 atom stereocenters. The average molecular weight is 210 g/mol. The van der Waals surface area contributed by atoms with Gasteiger partial charge in [0.05, 0.1) is 11.8 Å². The minimum Gasteiger partial charge on any atom is -0.390 e. The van der Waals surface area contributed by atoms with E-state index in [9.17, 15) is 10.2 Å². The largest absolute Gasteiger partial charge is 0.390 e. The van der Waals surface area contributed by atoms with Crippen molar-refractivity contribution in [2.24, 2.45) is 0 Å². The Labute approximate surface area is 90.0 Å². The summed E-state index contributed by atoms with van der Waals surface area (Å²) in [5.41, 5.74) is 1.55. The zero-order valence-electron chi connectivity index (χ0n) is 9.14. The molecule has 0 bridgehead atoms. The van der Waals surface area contributed by atoms with E-state index >= 15 is 0 Å². The van der Waals surface area contributed by atoms with Crippen molar-refractivity contribution in [2.75, 3.05) is 13.6 Å². The molecule has 4 heteroatoms. The second-order valence-electron chi connectivity index (χ2n) is 3.66. The summed E-state index contributed by atoms with van der Waals surface area (Å²) >= 11 is 0. The van der Waals surface area contributed by atoms with Gasteiger partial charge < -0.3 is 15.5 Å². The van der Waals surface area contributed by atoms with Crippen LogP contribution in [0.3, 0.4) is 0 Å². The van der Waals surface area contributed by atoms with Gasteiger partial charge in [-0.1, -0.05) is 0 Å². The first-order valence-electron chi connectivity index (χ1n) is 5.08. The molecule has 0 saturated carbocycles. The van der Waals surface area contributed by atoms with Crippen molar-refractivity contribution in [3.8, 4) is 0 Å². The van der Waals surface area contributed by atoms with Gasteiger partial charge in [0.2, 0.25) is 0 Å². The number of aryl methyl sites for hydroxylation is 1. The molecule has 1 aromatic heterocycles. The first-order chi connectivity index (χ1) is 7.15. The van der Waals surface area contributed by atoms with Crippen molar-refractivity contribution in [1.29, 1.82) is 0 Å². The van der Waals surface area contributed by atoms with E-state index in [1.165, 1.54) is 0 Å². The highest BCUT2D eigenvalue weighted by Crippen LogP contribution is 2.17. The van der Waals surface area contributed by atoms with Crippen molar-refractivity contribution in [2.45, 2.75) is 25.6 Å². The molecule has 0 aliphatic rings. The van der Waals surface area contributed by atoms with Crippen LogP contribution >= 0.6 is 0 Å². The lowest BCUT2D eigenvalue weighted by Crippen LogP contribution is -2.23. The van der Waals surface area contributed by atoms with E-state index in [0.717, 1.165) is 5.56 Å². The van der Waals surface area contributed by atoms with Crippen LogP contribution in [0.1, 0.15) is 23.8 Å². The summed E-state index contributed by atoms with van der Waals surface area (Å²) in [6, 6.07) is 3.64. The summed E-state index contributed by atoms with van der Waals surface area (Å²) < 4.78 is 0. The summed E-state index contributed by atoms with van der Waals surface area (Å²) in [6.07, 6.45) is 0.469. The minimum atomic E-state index is -0.904. The van der Waals surface area contributed by atoms with Gasteiger partial charge in [0.1, 0.15) is 6.10 Å². The lowest BCUT2D eigenvalue weighted by molar-refractivity contribution is 0.0115. The number of aromatic nitrogens is 1. The predicted molar refractivity (Wildman–Crippen MR) is 58.5 cm³/mol. The van der Waals surface area contributed by atoms with Crippen LogP contribution in [-0.4, -0.2) is 34.9 Å². The molecule has 4 nitrogen and oxygen atoms in total. The predicted octanol–water partition coefficient (Wildman–Crippen LogP) is 0.394. The van der Waals surface area contributed by atoms with Gasteiger partial charge in [-0.15, -0.1) is 0 Å². The Morgan fingerprint density at radius 3 is 2.80 bits per heavy atom. The molecule has 0 amide bonds. The van der Waals surface area contributed by atoms with Crippen LogP contribution in [0.2, 0.25) is 0 Å². The monoisotopic (exact) mass is 210 g/mol. The van der Waals surface area contributed by atoms with Gasteiger partial charge in [0.25, 0.3) is 0 Å². The fourth-order valence-electron chi connectivity index (χ4n) is 1.37. The number of pyridine rings is 1. The van der Waals surface area contributed by atoms with E-state index in [4.69, 9.17) is 0 Å². The standard InChI is InChI=1S/C11H18N2O2/c1-8-3-6-13-9(7-8)11(15)10(14)4-5-12-2/h3,6-7,10-12,14-15H,4-5H2,1-2H3. The molecule has 3 N–H and O–H groups in total. The van der Waals surface area contributed by atoms with Gasteiger partial charge in [0.15, 0.2) is 0 Å². The SMILES string of the molecule is CNCCC(O)C(O)c1cc(C)ccn1. The van der Waals surface area contributed by atoms with E-state index in [0.29, 0.717) is 18.7 Å². The fraction of sp³-hybridized carbons (Fsp3) is 0.545. The molecule has 0 aliphatic carbocycles. The van der Waals surface area contributed by atoms with Crippen molar-refractivity contribution >= 4 is 0 Å². The van der Waals surface area contributed by atoms with Crippen LogP contribution in [-0.2, 0) is 0 Å². The third-order valence-electron chi connectivity index (χ3n) is 2.29. The van der Waals surface area contributed by atoms with E-state index in [1.807, 2.05) is 20.0 Å². The van der Waals surface area contributed by atoms with Crippen molar-refractivity contribution in [3.63, 3.8) is 0 Å². The Bertz CT molecular complexity index is 304. The van der Waals surface area contributed by atoms with E-state index in [2.05, 4.69) is 10.3 Å². The molecule has 1 heterocycles. The summed E-state index contributed by atoms with van der Waals surface area (Å²) in [6.45, 7) is 2.60. The summed E-state index contributed by atoms with van der Waals surface area (Å²) in [5.74, 6) is 0. The molecule has 0 spiro atoms. The number of hydrogen-bond donors (Lipinski definition) is 3. The van der Waals surface area contributed by atoms with E-state index in [1.54, 1.807) is 12.3 Å². The van der Waals surface area contributed by atoms with Gasteiger partial charge >= 0.3 is 0 Å². The van der Waals surface area contributed by atoms with Crippen LogP contribution in [0.4, 0.5) is 0 Å². The molecule has 1 rings (SSSR count). The molecule has 2 unspecified atom stereocenters.